The Balaban J connectivity index is 2.26. The zero-order chi connectivity index (χ0) is 14.8. The van der Waals surface area contributed by atoms with Crippen LogP contribution in [0.15, 0.2) is 33.9 Å². The molecule has 0 unspecified atom stereocenters. The van der Waals surface area contributed by atoms with Crippen molar-refractivity contribution >= 4 is 27.0 Å². The summed E-state index contributed by atoms with van der Waals surface area (Å²) in [6.45, 7) is 4.20. The van der Waals surface area contributed by atoms with Crippen LogP contribution in [0.3, 0.4) is 0 Å². The molecule has 1 aromatic heterocycles. The van der Waals surface area contributed by atoms with Crippen LogP contribution in [-0.2, 0) is 23.0 Å². The Morgan fingerprint density at radius 2 is 2.00 bits per heavy atom. The van der Waals surface area contributed by atoms with Crippen molar-refractivity contribution in [3.63, 3.8) is 0 Å². The third kappa shape index (κ3) is 3.20. The minimum atomic E-state index is -3.54. The maximum absolute atomic E-state index is 12.4. The van der Waals surface area contributed by atoms with Gasteiger partial charge in [-0.2, -0.15) is 11.3 Å². The highest BCUT2D eigenvalue weighted by molar-refractivity contribution is 7.89. The van der Waals surface area contributed by atoms with Gasteiger partial charge in [0.05, 0.1) is 4.90 Å². The van der Waals surface area contributed by atoms with Crippen molar-refractivity contribution in [1.29, 1.82) is 0 Å². The lowest BCUT2D eigenvalue weighted by Gasteiger charge is -2.11. The number of aryl methyl sites for hydroxylation is 2. The summed E-state index contributed by atoms with van der Waals surface area (Å²) in [4.78, 5) is 0.271. The molecule has 20 heavy (non-hydrogen) atoms. The van der Waals surface area contributed by atoms with Gasteiger partial charge in [0.15, 0.2) is 0 Å². The van der Waals surface area contributed by atoms with E-state index in [0.29, 0.717) is 18.7 Å². The van der Waals surface area contributed by atoms with E-state index >= 15 is 0 Å². The van der Waals surface area contributed by atoms with Crippen LogP contribution >= 0.6 is 11.3 Å². The van der Waals surface area contributed by atoms with E-state index in [2.05, 4.69) is 4.72 Å². The Labute approximate surface area is 123 Å². The standard InChI is InChI=1S/C14H18N2O2S2/c1-3-11-4-5-13(15)6-14(11)20(17,18)16-7-12-9-19-8-10(12)2/h4-6,8-9,16H,3,7,15H2,1-2H3. The van der Waals surface area contributed by atoms with Gasteiger partial charge in [-0.25, -0.2) is 13.1 Å². The van der Waals surface area contributed by atoms with E-state index in [1.54, 1.807) is 23.5 Å². The van der Waals surface area contributed by atoms with Crippen molar-refractivity contribution in [1.82, 2.24) is 4.72 Å². The number of sulfonamides is 1. The highest BCUT2D eigenvalue weighted by atomic mass is 32.2. The van der Waals surface area contributed by atoms with E-state index in [1.807, 2.05) is 24.6 Å². The van der Waals surface area contributed by atoms with Crippen molar-refractivity contribution in [3.05, 3.63) is 45.6 Å². The monoisotopic (exact) mass is 310 g/mol. The summed E-state index contributed by atoms with van der Waals surface area (Å²) in [5.41, 5.74) is 9.03. The summed E-state index contributed by atoms with van der Waals surface area (Å²) < 4.78 is 27.5. The van der Waals surface area contributed by atoms with Gasteiger partial charge in [0.2, 0.25) is 10.0 Å². The summed E-state index contributed by atoms with van der Waals surface area (Å²) in [5.74, 6) is 0. The number of nitrogens with two attached hydrogens (primary N) is 1. The molecule has 2 aromatic rings. The molecule has 0 spiro atoms. The molecule has 3 N–H and O–H groups in total. The predicted molar refractivity (Wildman–Crippen MR) is 83.3 cm³/mol. The van der Waals surface area contributed by atoms with Gasteiger partial charge in [0, 0.05) is 12.2 Å². The molecule has 0 saturated carbocycles. The molecule has 0 saturated heterocycles. The number of rotatable bonds is 5. The molecule has 4 nitrogen and oxygen atoms in total. The number of thiophene rings is 1. The smallest absolute Gasteiger partial charge is 0.241 e. The highest BCUT2D eigenvalue weighted by Gasteiger charge is 2.18. The molecule has 108 valence electrons. The topological polar surface area (TPSA) is 72.2 Å². The van der Waals surface area contributed by atoms with E-state index in [4.69, 9.17) is 5.73 Å². The van der Waals surface area contributed by atoms with Gasteiger partial charge in [-0.1, -0.05) is 13.0 Å². The molecule has 0 aliphatic heterocycles. The van der Waals surface area contributed by atoms with Crippen molar-refractivity contribution in [3.8, 4) is 0 Å². The lowest BCUT2D eigenvalue weighted by Crippen LogP contribution is -2.24. The number of nitrogen functional groups attached to an aromatic ring is 1. The van der Waals surface area contributed by atoms with Gasteiger partial charge in [0.25, 0.3) is 0 Å². The summed E-state index contributed by atoms with van der Waals surface area (Å²) in [6, 6.07) is 5.00. The van der Waals surface area contributed by atoms with E-state index in [9.17, 15) is 8.42 Å². The van der Waals surface area contributed by atoms with Crippen molar-refractivity contribution in [2.45, 2.75) is 31.7 Å². The van der Waals surface area contributed by atoms with Gasteiger partial charge in [-0.05, 0) is 52.9 Å². The second-order valence-corrected chi connectivity index (χ2v) is 7.10. The Kier molecular flexibility index (Phi) is 4.47. The van der Waals surface area contributed by atoms with E-state index < -0.39 is 10.0 Å². The first kappa shape index (κ1) is 15.0. The first-order chi connectivity index (χ1) is 9.44. The van der Waals surface area contributed by atoms with Crippen LogP contribution in [-0.4, -0.2) is 8.42 Å². The third-order valence-corrected chi connectivity index (χ3v) is 5.57. The molecule has 0 aliphatic carbocycles. The van der Waals surface area contributed by atoms with Crippen LogP contribution in [0.2, 0.25) is 0 Å². The number of benzene rings is 1. The second-order valence-electron chi connectivity index (χ2n) is 4.63. The van der Waals surface area contributed by atoms with Crippen LogP contribution in [0.1, 0.15) is 23.6 Å². The van der Waals surface area contributed by atoms with Gasteiger partial charge in [-0.15, -0.1) is 0 Å². The lowest BCUT2D eigenvalue weighted by atomic mass is 10.1. The minimum absolute atomic E-state index is 0.271. The third-order valence-electron chi connectivity index (χ3n) is 3.18. The summed E-state index contributed by atoms with van der Waals surface area (Å²) >= 11 is 1.57. The Morgan fingerprint density at radius 3 is 2.60 bits per heavy atom. The number of hydrogen-bond acceptors (Lipinski definition) is 4. The molecule has 0 amide bonds. The molecule has 1 heterocycles. The molecule has 0 bridgehead atoms. The summed E-state index contributed by atoms with van der Waals surface area (Å²) in [6.07, 6.45) is 0.647. The fraction of sp³-hybridized carbons (Fsp3) is 0.286. The first-order valence-corrected chi connectivity index (χ1v) is 8.76. The fourth-order valence-electron chi connectivity index (χ4n) is 1.93. The van der Waals surface area contributed by atoms with Gasteiger partial charge in [-0.3, -0.25) is 0 Å². The average Bonchev–Trinajstić information content (AvgIpc) is 2.82. The fourth-order valence-corrected chi connectivity index (χ4v) is 4.14. The van der Waals surface area contributed by atoms with Gasteiger partial charge >= 0.3 is 0 Å². The minimum Gasteiger partial charge on any atom is -0.399 e. The maximum Gasteiger partial charge on any atom is 0.241 e. The van der Waals surface area contributed by atoms with E-state index in [0.717, 1.165) is 16.7 Å². The quantitative estimate of drug-likeness (QED) is 0.834. The normalized spacial score (nSPS) is 11.7. The Hall–Kier alpha value is -1.37. The van der Waals surface area contributed by atoms with Crippen molar-refractivity contribution in [2.75, 3.05) is 5.73 Å². The van der Waals surface area contributed by atoms with Crippen LogP contribution < -0.4 is 10.5 Å². The molecule has 1 aromatic carbocycles. The molecule has 0 aliphatic rings. The van der Waals surface area contributed by atoms with Crippen LogP contribution in [0.25, 0.3) is 0 Å². The largest absolute Gasteiger partial charge is 0.399 e. The zero-order valence-electron chi connectivity index (χ0n) is 11.5. The lowest BCUT2D eigenvalue weighted by molar-refractivity contribution is 0.580. The average molecular weight is 310 g/mol. The van der Waals surface area contributed by atoms with E-state index in [1.165, 1.54) is 6.07 Å². The predicted octanol–water partition coefficient (Wildman–Crippen LogP) is 2.68. The number of nitrogens with one attached hydrogen (secondary N) is 1. The van der Waals surface area contributed by atoms with Crippen molar-refractivity contribution < 1.29 is 8.42 Å². The van der Waals surface area contributed by atoms with Crippen molar-refractivity contribution in [2.24, 2.45) is 0 Å². The van der Waals surface area contributed by atoms with E-state index in [-0.39, 0.29) is 4.90 Å². The molecule has 2 rings (SSSR count). The van der Waals surface area contributed by atoms with Gasteiger partial charge in [0.1, 0.15) is 0 Å². The molecule has 0 atom stereocenters. The SMILES string of the molecule is CCc1ccc(N)cc1S(=O)(=O)NCc1cscc1C. The molecular formula is C14H18N2O2S2. The zero-order valence-corrected chi connectivity index (χ0v) is 13.1. The highest BCUT2D eigenvalue weighted by Crippen LogP contribution is 2.21. The summed E-state index contributed by atoms with van der Waals surface area (Å²) in [7, 11) is -3.54. The Morgan fingerprint density at radius 1 is 1.25 bits per heavy atom. The van der Waals surface area contributed by atoms with Gasteiger partial charge < -0.3 is 5.73 Å². The molecular weight excluding hydrogens is 292 g/mol. The second kappa shape index (κ2) is 5.95. The number of anilines is 1. The number of hydrogen-bond donors (Lipinski definition) is 2. The van der Waals surface area contributed by atoms with Crippen LogP contribution in [0, 0.1) is 6.92 Å². The van der Waals surface area contributed by atoms with Crippen LogP contribution in [0.4, 0.5) is 5.69 Å². The maximum atomic E-state index is 12.4. The molecule has 0 radical (unpaired) electrons. The molecule has 0 fully saturated rings. The Bertz CT molecular complexity index is 706. The van der Waals surface area contributed by atoms with Crippen LogP contribution in [0.5, 0.6) is 0 Å². The molecule has 6 heteroatoms. The summed E-state index contributed by atoms with van der Waals surface area (Å²) in [5, 5.41) is 3.96. The first-order valence-electron chi connectivity index (χ1n) is 6.33.